The quantitative estimate of drug-likeness (QED) is 0.750. The van der Waals surface area contributed by atoms with E-state index in [0.29, 0.717) is 5.25 Å². The molecule has 1 saturated carbocycles. The van der Waals surface area contributed by atoms with E-state index in [9.17, 15) is 0 Å². The van der Waals surface area contributed by atoms with Gasteiger partial charge in [0.15, 0.2) is 0 Å². The van der Waals surface area contributed by atoms with Crippen molar-refractivity contribution in [2.45, 2.75) is 62.5 Å². The van der Waals surface area contributed by atoms with Crippen molar-refractivity contribution < 1.29 is 0 Å². The normalized spacial score (nSPS) is 26.2. The lowest BCUT2D eigenvalue weighted by Gasteiger charge is -2.32. The highest BCUT2D eigenvalue weighted by molar-refractivity contribution is 9.10. The topological polar surface area (TPSA) is 26.0 Å². The highest BCUT2D eigenvalue weighted by Gasteiger charge is 2.26. The Bertz CT molecular complexity index is 423. The van der Waals surface area contributed by atoms with Gasteiger partial charge >= 0.3 is 0 Å². The van der Waals surface area contributed by atoms with E-state index in [4.69, 9.17) is 5.73 Å². The van der Waals surface area contributed by atoms with Gasteiger partial charge in [0, 0.05) is 21.0 Å². The molecule has 0 spiro atoms. The van der Waals surface area contributed by atoms with Crippen LogP contribution < -0.4 is 5.73 Å². The first-order valence-electron chi connectivity index (χ1n) is 7.76. The Balaban J connectivity index is 2.11. The predicted molar refractivity (Wildman–Crippen MR) is 94.2 cm³/mol. The van der Waals surface area contributed by atoms with Crippen LogP contribution >= 0.6 is 27.7 Å². The van der Waals surface area contributed by atoms with E-state index in [2.05, 4.69) is 65.8 Å². The van der Waals surface area contributed by atoms with Crippen LogP contribution in [0.5, 0.6) is 0 Å². The smallest absolute Gasteiger partial charge is 0.0451 e. The van der Waals surface area contributed by atoms with Crippen molar-refractivity contribution in [3.05, 3.63) is 34.3 Å². The maximum Gasteiger partial charge on any atom is 0.0451 e. The van der Waals surface area contributed by atoms with Crippen LogP contribution in [0.2, 0.25) is 0 Å². The SMILES string of the molecule is CCC(N)C(SC1CCCC(C)C1)c1cccc(Br)c1. The number of halogens is 1. The van der Waals surface area contributed by atoms with E-state index in [1.54, 1.807) is 0 Å². The number of benzene rings is 1. The molecule has 0 amide bonds. The second-order valence-electron chi connectivity index (χ2n) is 6.08. The van der Waals surface area contributed by atoms with Crippen molar-refractivity contribution in [3.63, 3.8) is 0 Å². The van der Waals surface area contributed by atoms with Crippen LogP contribution in [0.25, 0.3) is 0 Å². The van der Waals surface area contributed by atoms with Crippen LogP contribution in [0, 0.1) is 5.92 Å². The molecule has 20 heavy (non-hydrogen) atoms. The molecule has 112 valence electrons. The van der Waals surface area contributed by atoms with Gasteiger partial charge in [-0.1, -0.05) is 54.8 Å². The second kappa shape index (κ2) is 7.86. The minimum Gasteiger partial charge on any atom is -0.326 e. The summed E-state index contributed by atoms with van der Waals surface area (Å²) in [6, 6.07) is 8.92. The monoisotopic (exact) mass is 355 g/mol. The van der Waals surface area contributed by atoms with Crippen LogP contribution in [-0.4, -0.2) is 11.3 Å². The van der Waals surface area contributed by atoms with Crippen molar-refractivity contribution in [2.75, 3.05) is 0 Å². The number of hydrogen-bond donors (Lipinski definition) is 1. The van der Waals surface area contributed by atoms with E-state index in [-0.39, 0.29) is 6.04 Å². The minimum atomic E-state index is 0.242. The van der Waals surface area contributed by atoms with E-state index in [1.165, 1.54) is 31.2 Å². The molecule has 3 heteroatoms. The number of thioether (sulfide) groups is 1. The van der Waals surface area contributed by atoms with Gasteiger partial charge in [-0.25, -0.2) is 0 Å². The van der Waals surface area contributed by atoms with Gasteiger partial charge in [-0.2, -0.15) is 0 Å². The summed E-state index contributed by atoms with van der Waals surface area (Å²) in [7, 11) is 0. The summed E-state index contributed by atoms with van der Waals surface area (Å²) in [5.74, 6) is 0.877. The third-order valence-corrected chi connectivity index (χ3v) is 6.49. The molecule has 0 heterocycles. The standard InChI is InChI=1S/C17H26BrNS/c1-3-16(19)17(13-7-5-8-14(18)11-13)20-15-9-4-6-12(2)10-15/h5,7-8,11-12,15-17H,3-4,6,9-10,19H2,1-2H3. The molecular formula is C17H26BrNS. The number of nitrogens with two attached hydrogens (primary N) is 1. The molecule has 1 nitrogen and oxygen atoms in total. The van der Waals surface area contributed by atoms with Crippen molar-refractivity contribution in [3.8, 4) is 0 Å². The van der Waals surface area contributed by atoms with Crippen molar-refractivity contribution >= 4 is 27.7 Å². The first kappa shape index (κ1) is 16.4. The first-order valence-corrected chi connectivity index (χ1v) is 9.50. The average molecular weight is 356 g/mol. The van der Waals surface area contributed by atoms with Gasteiger partial charge in [-0.15, -0.1) is 11.8 Å². The number of rotatable bonds is 5. The molecule has 0 bridgehead atoms. The molecule has 2 rings (SSSR count). The highest BCUT2D eigenvalue weighted by Crippen LogP contribution is 2.42. The van der Waals surface area contributed by atoms with E-state index in [0.717, 1.165) is 22.1 Å². The largest absolute Gasteiger partial charge is 0.326 e. The Morgan fingerprint density at radius 2 is 2.20 bits per heavy atom. The van der Waals surface area contributed by atoms with Gasteiger partial charge < -0.3 is 5.73 Å². The summed E-state index contributed by atoms with van der Waals surface area (Å²) in [4.78, 5) is 0. The van der Waals surface area contributed by atoms with Crippen molar-refractivity contribution in [1.82, 2.24) is 0 Å². The predicted octanol–water partition coefficient (Wildman–Crippen LogP) is 5.54. The molecule has 4 unspecified atom stereocenters. The summed E-state index contributed by atoms with van der Waals surface area (Å²) >= 11 is 5.70. The Kier molecular flexibility index (Phi) is 6.44. The van der Waals surface area contributed by atoms with Gasteiger partial charge in [0.05, 0.1) is 0 Å². The zero-order valence-corrected chi connectivity index (χ0v) is 14.9. The lowest BCUT2D eigenvalue weighted by molar-refractivity contribution is 0.393. The lowest BCUT2D eigenvalue weighted by Crippen LogP contribution is -2.28. The van der Waals surface area contributed by atoms with E-state index >= 15 is 0 Å². The first-order chi connectivity index (χ1) is 9.60. The van der Waals surface area contributed by atoms with Gasteiger partial charge in [0.25, 0.3) is 0 Å². The molecule has 0 radical (unpaired) electrons. The highest BCUT2D eigenvalue weighted by atomic mass is 79.9. The van der Waals surface area contributed by atoms with Gasteiger partial charge in [-0.3, -0.25) is 0 Å². The maximum absolute atomic E-state index is 6.41. The molecule has 1 aromatic rings. The molecule has 0 aromatic heterocycles. The van der Waals surface area contributed by atoms with Crippen molar-refractivity contribution in [1.29, 1.82) is 0 Å². The summed E-state index contributed by atoms with van der Waals surface area (Å²) in [6.45, 7) is 4.58. The Morgan fingerprint density at radius 3 is 2.85 bits per heavy atom. The van der Waals surface area contributed by atoms with E-state index < -0.39 is 0 Å². The zero-order chi connectivity index (χ0) is 14.5. The third kappa shape index (κ3) is 4.51. The fourth-order valence-electron chi connectivity index (χ4n) is 3.03. The van der Waals surface area contributed by atoms with Crippen LogP contribution in [0.3, 0.4) is 0 Å². The molecule has 0 aliphatic heterocycles. The van der Waals surface area contributed by atoms with Crippen molar-refractivity contribution in [2.24, 2.45) is 11.7 Å². The maximum atomic E-state index is 6.41. The Hall–Kier alpha value is 0.01000. The minimum absolute atomic E-state index is 0.242. The lowest BCUT2D eigenvalue weighted by atomic mass is 9.90. The van der Waals surface area contributed by atoms with Crippen LogP contribution in [0.15, 0.2) is 28.7 Å². The molecule has 1 aromatic carbocycles. The molecule has 1 aliphatic carbocycles. The molecule has 0 saturated heterocycles. The zero-order valence-electron chi connectivity index (χ0n) is 12.5. The molecule has 2 N–H and O–H groups in total. The third-order valence-electron chi connectivity index (χ3n) is 4.26. The number of hydrogen-bond acceptors (Lipinski definition) is 2. The molecule has 1 fully saturated rings. The van der Waals surface area contributed by atoms with E-state index in [1.807, 2.05) is 0 Å². The fourth-order valence-corrected chi connectivity index (χ4v) is 5.31. The Labute approximate surface area is 136 Å². The van der Waals surface area contributed by atoms with Gasteiger partial charge in [-0.05, 0) is 42.9 Å². The summed E-state index contributed by atoms with van der Waals surface area (Å²) in [5.41, 5.74) is 7.79. The summed E-state index contributed by atoms with van der Waals surface area (Å²) in [6.07, 6.45) is 6.53. The van der Waals surface area contributed by atoms with Crippen LogP contribution in [0.1, 0.15) is 56.8 Å². The average Bonchev–Trinajstić information content (AvgIpc) is 2.44. The summed E-state index contributed by atoms with van der Waals surface area (Å²) in [5, 5.41) is 1.20. The molecule has 4 atom stereocenters. The van der Waals surface area contributed by atoms with Crippen LogP contribution in [0.4, 0.5) is 0 Å². The second-order valence-corrected chi connectivity index (χ2v) is 8.44. The molecule has 1 aliphatic rings. The van der Waals surface area contributed by atoms with Gasteiger partial charge in [0.1, 0.15) is 0 Å². The molecular weight excluding hydrogens is 330 g/mol. The fraction of sp³-hybridized carbons (Fsp3) is 0.647. The van der Waals surface area contributed by atoms with Gasteiger partial charge in [0.2, 0.25) is 0 Å². The summed E-state index contributed by atoms with van der Waals surface area (Å²) < 4.78 is 1.15. The Morgan fingerprint density at radius 1 is 1.40 bits per heavy atom. The van der Waals surface area contributed by atoms with Crippen LogP contribution in [-0.2, 0) is 0 Å².